The number of carbonyl (C=O) groups is 1. The van der Waals surface area contributed by atoms with Crippen molar-refractivity contribution in [2.75, 3.05) is 33.3 Å². The van der Waals surface area contributed by atoms with Crippen molar-refractivity contribution in [3.8, 4) is 11.8 Å². The van der Waals surface area contributed by atoms with Crippen molar-refractivity contribution in [1.82, 2.24) is 29.7 Å². The van der Waals surface area contributed by atoms with Gasteiger partial charge in [-0.25, -0.2) is 4.39 Å². The highest BCUT2D eigenvalue weighted by atomic mass is 19.1. The molecule has 0 radical (unpaired) electrons. The fourth-order valence-electron chi connectivity index (χ4n) is 4.93. The Morgan fingerprint density at radius 3 is 2.59 bits per heavy atom. The third-order valence-electron chi connectivity index (χ3n) is 6.74. The molecule has 0 unspecified atom stereocenters. The van der Waals surface area contributed by atoms with Crippen molar-refractivity contribution < 1.29 is 18.4 Å². The topological polar surface area (TPSA) is 89.5 Å². The molecule has 0 saturated carbocycles. The zero-order valence-corrected chi connectivity index (χ0v) is 18.3. The molecule has 4 heterocycles. The molecule has 0 bridgehead atoms. The van der Waals surface area contributed by atoms with Crippen LogP contribution in [0.4, 0.5) is 4.39 Å². The van der Waals surface area contributed by atoms with Gasteiger partial charge in [-0.05, 0) is 56.1 Å². The van der Waals surface area contributed by atoms with E-state index in [-0.39, 0.29) is 23.3 Å². The third-order valence-corrected chi connectivity index (χ3v) is 6.74. The van der Waals surface area contributed by atoms with Gasteiger partial charge < -0.3 is 19.1 Å². The van der Waals surface area contributed by atoms with Crippen molar-refractivity contribution in [2.45, 2.75) is 44.6 Å². The molecule has 0 spiro atoms. The summed E-state index contributed by atoms with van der Waals surface area (Å²) < 4.78 is 26.7. The number of likely N-dealkylation sites (tertiary alicyclic amines) is 2. The number of para-hydroxylation sites is 1. The van der Waals surface area contributed by atoms with Gasteiger partial charge in [-0.3, -0.25) is 4.79 Å². The van der Waals surface area contributed by atoms with E-state index in [0.717, 1.165) is 51.9 Å². The van der Waals surface area contributed by atoms with Crippen molar-refractivity contribution in [1.29, 1.82) is 0 Å². The van der Waals surface area contributed by atoms with Gasteiger partial charge in [-0.2, -0.15) is 9.67 Å². The van der Waals surface area contributed by atoms with E-state index in [1.807, 2.05) is 4.90 Å². The second-order valence-electron chi connectivity index (χ2n) is 8.54. The van der Waals surface area contributed by atoms with Crippen LogP contribution in [-0.4, -0.2) is 75.0 Å². The van der Waals surface area contributed by atoms with E-state index in [2.05, 4.69) is 20.1 Å². The Balaban J connectivity index is 1.27. The lowest BCUT2D eigenvalue weighted by Crippen LogP contribution is -2.48. The minimum absolute atomic E-state index is 0.164. The maximum Gasteiger partial charge on any atom is 0.291 e. The van der Waals surface area contributed by atoms with Gasteiger partial charge in [0.15, 0.2) is 0 Å². The van der Waals surface area contributed by atoms with Crippen LogP contribution in [0.1, 0.15) is 44.4 Å². The largest absolute Gasteiger partial charge is 0.479 e. The molecule has 32 heavy (non-hydrogen) atoms. The molecule has 2 aliphatic rings. The summed E-state index contributed by atoms with van der Waals surface area (Å²) >= 11 is 0. The Morgan fingerprint density at radius 2 is 1.91 bits per heavy atom. The number of methoxy groups -OCH3 is 1. The quantitative estimate of drug-likeness (QED) is 0.614. The van der Waals surface area contributed by atoms with Crippen LogP contribution in [0.3, 0.4) is 0 Å². The van der Waals surface area contributed by atoms with Gasteiger partial charge in [0.25, 0.3) is 5.95 Å². The van der Waals surface area contributed by atoms with Crippen LogP contribution in [0.25, 0.3) is 16.9 Å². The van der Waals surface area contributed by atoms with Gasteiger partial charge >= 0.3 is 0 Å². The summed E-state index contributed by atoms with van der Waals surface area (Å²) in [5.74, 6) is 0.987. The first-order valence-corrected chi connectivity index (χ1v) is 11.1. The number of benzene rings is 1. The van der Waals surface area contributed by atoms with E-state index in [1.165, 1.54) is 17.9 Å². The molecule has 0 aliphatic carbocycles. The van der Waals surface area contributed by atoms with E-state index in [4.69, 9.17) is 9.26 Å². The number of nitrogens with zero attached hydrogens (tertiary/aromatic N) is 6. The standard InChI is InChI=1S/C22H27FN6O3/c1-14(30)27-12-8-16(9-13-27)28-10-6-15(7-11-28)20-24-22(26-32-20)29-19-17(21(25-29)31-2)4-3-5-18(19)23/h3-5,15-16H,6-13H2,1-2H3. The van der Waals surface area contributed by atoms with Crippen LogP contribution in [0.2, 0.25) is 0 Å². The summed E-state index contributed by atoms with van der Waals surface area (Å²) in [4.78, 5) is 20.5. The number of piperidine rings is 2. The highest BCUT2D eigenvalue weighted by molar-refractivity contribution is 5.86. The molecule has 2 aromatic heterocycles. The van der Waals surface area contributed by atoms with Crippen LogP contribution in [-0.2, 0) is 4.79 Å². The maximum absolute atomic E-state index is 14.5. The summed E-state index contributed by atoms with van der Waals surface area (Å²) in [6, 6.07) is 5.26. The molecule has 0 atom stereocenters. The molecule has 9 nitrogen and oxygen atoms in total. The Kier molecular flexibility index (Phi) is 5.54. The molecular weight excluding hydrogens is 415 g/mol. The minimum atomic E-state index is -0.422. The molecule has 10 heteroatoms. The monoisotopic (exact) mass is 442 g/mol. The van der Waals surface area contributed by atoms with Crippen molar-refractivity contribution in [2.24, 2.45) is 0 Å². The lowest BCUT2D eigenvalue weighted by molar-refractivity contribution is -0.130. The third kappa shape index (κ3) is 3.72. The van der Waals surface area contributed by atoms with Crippen LogP contribution in [0.5, 0.6) is 5.88 Å². The molecular formula is C22H27FN6O3. The number of aromatic nitrogens is 4. The average Bonchev–Trinajstić information content (AvgIpc) is 3.45. The molecule has 2 saturated heterocycles. The molecule has 5 rings (SSSR count). The first-order chi connectivity index (χ1) is 15.5. The van der Waals surface area contributed by atoms with E-state index in [1.54, 1.807) is 19.1 Å². The SMILES string of the molecule is COc1nn(-c2noc(C3CCN(C4CCN(C(C)=O)CC4)CC3)n2)c2c(F)cccc12. The zero-order chi connectivity index (χ0) is 22.2. The fourth-order valence-corrected chi connectivity index (χ4v) is 4.93. The molecule has 3 aromatic rings. The number of rotatable bonds is 4. The Morgan fingerprint density at radius 1 is 1.16 bits per heavy atom. The first-order valence-electron chi connectivity index (χ1n) is 11.1. The van der Waals surface area contributed by atoms with Gasteiger partial charge in [0.2, 0.25) is 17.7 Å². The molecule has 2 aliphatic heterocycles. The average molecular weight is 442 g/mol. The summed E-state index contributed by atoms with van der Waals surface area (Å²) in [6.07, 6.45) is 3.89. The van der Waals surface area contributed by atoms with E-state index >= 15 is 0 Å². The predicted octanol–water partition coefficient (Wildman–Crippen LogP) is 2.75. The van der Waals surface area contributed by atoms with Gasteiger partial charge in [-0.15, -0.1) is 5.10 Å². The van der Waals surface area contributed by atoms with E-state index in [9.17, 15) is 9.18 Å². The van der Waals surface area contributed by atoms with Crippen molar-refractivity contribution >= 4 is 16.8 Å². The van der Waals surface area contributed by atoms with Crippen LogP contribution < -0.4 is 4.74 Å². The number of ether oxygens (including phenoxy) is 1. The summed E-state index contributed by atoms with van der Waals surface area (Å²) in [5, 5.41) is 8.96. The van der Waals surface area contributed by atoms with Gasteiger partial charge in [0, 0.05) is 32.0 Å². The normalized spacial score (nSPS) is 19.0. The van der Waals surface area contributed by atoms with E-state index in [0.29, 0.717) is 23.2 Å². The molecule has 1 aromatic carbocycles. The molecule has 0 N–H and O–H groups in total. The first kappa shape index (κ1) is 20.9. The second-order valence-corrected chi connectivity index (χ2v) is 8.54. The van der Waals surface area contributed by atoms with Gasteiger partial charge in [-0.1, -0.05) is 6.07 Å². The van der Waals surface area contributed by atoms with Crippen LogP contribution >= 0.6 is 0 Å². The van der Waals surface area contributed by atoms with E-state index < -0.39 is 5.82 Å². The molecule has 170 valence electrons. The fraction of sp³-hybridized carbons (Fsp3) is 0.545. The van der Waals surface area contributed by atoms with Crippen LogP contribution in [0, 0.1) is 5.82 Å². The molecule has 1 amide bonds. The van der Waals surface area contributed by atoms with Crippen LogP contribution in [0.15, 0.2) is 22.7 Å². The Bertz CT molecular complexity index is 1110. The minimum Gasteiger partial charge on any atom is -0.479 e. The molecule has 2 fully saturated rings. The number of amides is 1. The van der Waals surface area contributed by atoms with Gasteiger partial charge in [0.1, 0.15) is 11.3 Å². The maximum atomic E-state index is 14.5. The van der Waals surface area contributed by atoms with Crippen molar-refractivity contribution in [3.63, 3.8) is 0 Å². The highest BCUT2D eigenvalue weighted by Gasteiger charge is 2.31. The summed E-state index contributed by atoms with van der Waals surface area (Å²) in [5.41, 5.74) is 0.267. The lowest BCUT2D eigenvalue weighted by atomic mass is 9.93. The second kappa shape index (κ2) is 8.50. The zero-order valence-electron chi connectivity index (χ0n) is 18.3. The van der Waals surface area contributed by atoms with Gasteiger partial charge in [0.05, 0.1) is 12.5 Å². The summed E-state index contributed by atoms with van der Waals surface area (Å²) in [6.45, 7) is 5.23. The number of fused-ring (bicyclic) bond motifs is 1. The number of halogens is 1. The predicted molar refractivity (Wildman–Crippen MR) is 114 cm³/mol. The Labute approximate surface area is 185 Å². The number of hydrogen-bond acceptors (Lipinski definition) is 7. The highest BCUT2D eigenvalue weighted by Crippen LogP contribution is 2.32. The number of hydrogen-bond donors (Lipinski definition) is 0. The number of carbonyl (C=O) groups excluding carboxylic acids is 1. The smallest absolute Gasteiger partial charge is 0.291 e. The van der Waals surface area contributed by atoms with Crippen molar-refractivity contribution in [3.05, 3.63) is 29.9 Å². The Hall–Kier alpha value is -3.01. The summed E-state index contributed by atoms with van der Waals surface area (Å²) in [7, 11) is 1.50. The lowest BCUT2D eigenvalue weighted by Gasteiger charge is -2.41.